The number of halogens is 1. The molecule has 0 aliphatic heterocycles. The summed E-state index contributed by atoms with van der Waals surface area (Å²) in [6.45, 7) is 8.25. The van der Waals surface area contributed by atoms with E-state index in [2.05, 4.69) is 5.32 Å². The van der Waals surface area contributed by atoms with Crippen LogP contribution in [0.5, 0.6) is 0 Å². The fourth-order valence-corrected chi connectivity index (χ4v) is 3.84. The first kappa shape index (κ1) is 24.3. The first-order chi connectivity index (χ1) is 14.3. The average Bonchev–Trinajstić information content (AvgIpc) is 2.74. The monoisotopic (exact) mass is 446 g/mol. The van der Waals surface area contributed by atoms with E-state index < -0.39 is 6.04 Å². The SMILES string of the molecule is CC[C@@H](C)NC(=O)[C@@H](C)N(Cc1ccc(C)cc1)C(=O)CCSc1ccc(Cl)cc1. The van der Waals surface area contributed by atoms with E-state index in [1.165, 1.54) is 5.56 Å². The Bertz CT molecular complexity index is 824. The van der Waals surface area contributed by atoms with Gasteiger partial charge in [0.1, 0.15) is 6.04 Å². The molecule has 2 aromatic carbocycles. The van der Waals surface area contributed by atoms with Crippen LogP contribution in [0.3, 0.4) is 0 Å². The normalized spacial score (nSPS) is 12.8. The molecule has 2 amide bonds. The summed E-state index contributed by atoms with van der Waals surface area (Å²) in [4.78, 5) is 28.5. The fourth-order valence-electron chi connectivity index (χ4n) is 2.87. The second-order valence-corrected chi connectivity index (χ2v) is 9.16. The Hall–Kier alpha value is -1.98. The van der Waals surface area contributed by atoms with Gasteiger partial charge in [-0.25, -0.2) is 0 Å². The fraction of sp³-hybridized carbons (Fsp3) is 0.417. The molecule has 0 saturated carbocycles. The van der Waals surface area contributed by atoms with Crippen LogP contribution in [-0.2, 0) is 16.1 Å². The van der Waals surface area contributed by atoms with Crippen LogP contribution in [0.25, 0.3) is 0 Å². The largest absolute Gasteiger partial charge is 0.352 e. The van der Waals surface area contributed by atoms with Gasteiger partial charge in [-0.2, -0.15) is 0 Å². The summed E-state index contributed by atoms with van der Waals surface area (Å²) >= 11 is 7.54. The van der Waals surface area contributed by atoms with Crippen LogP contribution < -0.4 is 5.32 Å². The molecule has 2 rings (SSSR count). The lowest BCUT2D eigenvalue weighted by Gasteiger charge is -2.29. The molecule has 0 bridgehead atoms. The molecule has 0 aromatic heterocycles. The van der Waals surface area contributed by atoms with Crippen molar-refractivity contribution < 1.29 is 9.59 Å². The van der Waals surface area contributed by atoms with Gasteiger partial charge < -0.3 is 10.2 Å². The van der Waals surface area contributed by atoms with Gasteiger partial charge in [-0.05, 0) is 57.0 Å². The summed E-state index contributed by atoms with van der Waals surface area (Å²) in [7, 11) is 0. The summed E-state index contributed by atoms with van der Waals surface area (Å²) in [5, 5.41) is 3.69. The van der Waals surface area contributed by atoms with Gasteiger partial charge in [-0.3, -0.25) is 9.59 Å². The predicted molar refractivity (Wildman–Crippen MR) is 126 cm³/mol. The van der Waals surface area contributed by atoms with Gasteiger partial charge in [0.25, 0.3) is 0 Å². The molecule has 0 heterocycles. The van der Waals surface area contributed by atoms with E-state index in [4.69, 9.17) is 11.6 Å². The molecule has 4 nitrogen and oxygen atoms in total. The minimum Gasteiger partial charge on any atom is -0.352 e. The van der Waals surface area contributed by atoms with Crippen molar-refractivity contribution in [2.45, 2.75) is 64.1 Å². The van der Waals surface area contributed by atoms with Gasteiger partial charge in [0, 0.05) is 34.7 Å². The molecule has 2 aromatic rings. The lowest BCUT2D eigenvalue weighted by atomic mass is 10.1. The third kappa shape index (κ3) is 7.69. The van der Waals surface area contributed by atoms with Crippen LogP contribution in [0.4, 0.5) is 0 Å². The Kier molecular flexibility index (Phi) is 9.73. The molecule has 0 aliphatic rings. The van der Waals surface area contributed by atoms with Crippen LogP contribution in [0.1, 0.15) is 44.7 Å². The van der Waals surface area contributed by atoms with Gasteiger partial charge in [-0.1, -0.05) is 48.4 Å². The highest BCUT2D eigenvalue weighted by Crippen LogP contribution is 2.22. The van der Waals surface area contributed by atoms with Crippen molar-refractivity contribution in [1.29, 1.82) is 0 Å². The molecule has 0 fully saturated rings. The van der Waals surface area contributed by atoms with E-state index in [-0.39, 0.29) is 17.9 Å². The van der Waals surface area contributed by atoms with Crippen molar-refractivity contribution in [3.8, 4) is 0 Å². The van der Waals surface area contributed by atoms with Crippen molar-refractivity contribution in [2.24, 2.45) is 0 Å². The van der Waals surface area contributed by atoms with E-state index in [0.717, 1.165) is 16.9 Å². The van der Waals surface area contributed by atoms with Crippen LogP contribution in [0, 0.1) is 6.92 Å². The maximum atomic E-state index is 13.1. The van der Waals surface area contributed by atoms with Crippen molar-refractivity contribution in [3.63, 3.8) is 0 Å². The Labute approximate surface area is 189 Å². The number of nitrogens with one attached hydrogen (secondary N) is 1. The first-order valence-corrected chi connectivity index (χ1v) is 11.7. The number of benzene rings is 2. The lowest BCUT2D eigenvalue weighted by molar-refractivity contribution is -0.140. The highest BCUT2D eigenvalue weighted by atomic mass is 35.5. The zero-order valence-electron chi connectivity index (χ0n) is 18.2. The van der Waals surface area contributed by atoms with E-state index in [1.807, 2.05) is 69.3 Å². The van der Waals surface area contributed by atoms with Gasteiger partial charge in [0.2, 0.25) is 11.8 Å². The average molecular weight is 447 g/mol. The molecule has 0 radical (unpaired) electrons. The third-order valence-electron chi connectivity index (χ3n) is 5.04. The van der Waals surface area contributed by atoms with Crippen LogP contribution >= 0.6 is 23.4 Å². The van der Waals surface area contributed by atoms with Gasteiger partial charge in [0.15, 0.2) is 0 Å². The minimum absolute atomic E-state index is 0.0242. The second-order valence-electron chi connectivity index (χ2n) is 7.55. The molecular weight excluding hydrogens is 416 g/mol. The zero-order chi connectivity index (χ0) is 22.1. The minimum atomic E-state index is -0.534. The Morgan fingerprint density at radius 3 is 2.30 bits per heavy atom. The Morgan fingerprint density at radius 2 is 1.70 bits per heavy atom. The molecule has 0 spiro atoms. The molecule has 0 unspecified atom stereocenters. The number of thioether (sulfide) groups is 1. The molecule has 1 N–H and O–H groups in total. The van der Waals surface area contributed by atoms with Gasteiger partial charge >= 0.3 is 0 Å². The summed E-state index contributed by atoms with van der Waals surface area (Å²) in [6.07, 6.45) is 1.21. The van der Waals surface area contributed by atoms with E-state index in [1.54, 1.807) is 23.6 Å². The molecular formula is C24H31ClN2O2S. The van der Waals surface area contributed by atoms with Crippen molar-refractivity contribution in [3.05, 3.63) is 64.7 Å². The van der Waals surface area contributed by atoms with Crippen LogP contribution in [0.2, 0.25) is 5.02 Å². The summed E-state index contributed by atoms with van der Waals surface area (Å²) in [6, 6.07) is 15.2. The molecule has 6 heteroatoms. The number of amides is 2. The van der Waals surface area contributed by atoms with Crippen molar-refractivity contribution >= 4 is 35.2 Å². The summed E-state index contributed by atoms with van der Waals surface area (Å²) in [5.41, 5.74) is 2.18. The maximum Gasteiger partial charge on any atom is 0.242 e. The topological polar surface area (TPSA) is 49.4 Å². The highest BCUT2D eigenvalue weighted by molar-refractivity contribution is 7.99. The smallest absolute Gasteiger partial charge is 0.242 e. The Morgan fingerprint density at radius 1 is 1.07 bits per heavy atom. The van der Waals surface area contributed by atoms with Gasteiger partial charge in [0.05, 0.1) is 0 Å². The number of carbonyl (C=O) groups excluding carboxylic acids is 2. The van der Waals surface area contributed by atoms with Gasteiger partial charge in [-0.15, -0.1) is 11.8 Å². The number of hydrogen-bond acceptors (Lipinski definition) is 3. The third-order valence-corrected chi connectivity index (χ3v) is 6.31. The molecule has 2 atom stereocenters. The van der Waals surface area contributed by atoms with E-state index >= 15 is 0 Å². The number of carbonyl (C=O) groups is 2. The molecule has 162 valence electrons. The predicted octanol–water partition coefficient (Wildman–Crippen LogP) is 5.46. The maximum absolute atomic E-state index is 13.1. The van der Waals surface area contributed by atoms with Crippen molar-refractivity contribution in [1.82, 2.24) is 10.2 Å². The number of aryl methyl sites for hydroxylation is 1. The van der Waals surface area contributed by atoms with Crippen LogP contribution in [0.15, 0.2) is 53.4 Å². The van der Waals surface area contributed by atoms with E-state index in [9.17, 15) is 9.59 Å². The molecule has 0 saturated heterocycles. The number of nitrogens with zero attached hydrogens (tertiary/aromatic N) is 1. The number of hydrogen-bond donors (Lipinski definition) is 1. The quantitative estimate of drug-likeness (QED) is 0.493. The molecule has 0 aliphatic carbocycles. The number of rotatable bonds is 10. The molecule has 30 heavy (non-hydrogen) atoms. The highest BCUT2D eigenvalue weighted by Gasteiger charge is 2.26. The zero-order valence-corrected chi connectivity index (χ0v) is 19.7. The summed E-state index contributed by atoms with van der Waals surface area (Å²) < 4.78 is 0. The van der Waals surface area contributed by atoms with E-state index in [0.29, 0.717) is 23.7 Å². The standard InChI is InChI=1S/C24H31ClN2O2S/c1-5-18(3)26-24(29)19(4)27(16-20-8-6-17(2)7-9-20)23(28)14-15-30-22-12-10-21(25)11-13-22/h6-13,18-19H,5,14-16H2,1-4H3,(H,26,29)/t18-,19-/m1/s1. The Balaban J connectivity index is 2.06. The second kappa shape index (κ2) is 12.0. The lowest BCUT2D eigenvalue weighted by Crippen LogP contribution is -2.49. The van der Waals surface area contributed by atoms with Crippen molar-refractivity contribution in [2.75, 3.05) is 5.75 Å². The summed E-state index contributed by atoms with van der Waals surface area (Å²) in [5.74, 6) is 0.504. The first-order valence-electron chi connectivity index (χ1n) is 10.3. The van der Waals surface area contributed by atoms with Crippen LogP contribution in [-0.4, -0.2) is 34.6 Å².